The lowest BCUT2D eigenvalue weighted by molar-refractivity contribution is 0.769. The molecule has 13 aromatic rings. The molecule has 0 spiro atoms. The van der Waals surface area contributed by atoms with Crippen LogP contribution in [0, 0.1) is 0 Å². The summed E-state index contributed by atoms with van der Waals surface area (Å²) >= 11 is 0. The van der Waals surface area contributed by atoms with Gasteiger partial charge >= 0.3 is 0 Å². The fourth-order valence-electron chi connectivity index (χ4n) is 15.1. The number of rotatable bonds is 10. The van der Waals surface area contributed by atoms with Crippen LogP contribution >= 0.6 is 0 Å². The molecular formula is C79H55NSi2. The molecule has 2 aliphatic heterocycles. The summed E-state index contributed by atoms with van der Waals surface area (Å²) in [6, 6.07) is 127. The molecule has 3 heteroatoms. The zero-order valence-electron chi connectivity index (χ0n) is 45.2. The lowest BCUT2D eigenvalue weighted by Crippen LogP contribution is -2.72. The van der Waals surface area contributed by atoms with Crippen molar-refractivity contribution in [1.82, 2.24) is 0 Å². The molecule has 82 heavy (non-hydrogen) atoms. The van der Waals surface area contributed by atoms with Gasteiger partial charge in [-0.1, -0.05) is 291 Å². The lowest BCUT2D eigenvalue weighted by atomic mass is 9.67. The first-order valence-corrected chi connectivity index (χ1v) is 32.7. The molecule has 0 fully saturated rings. The molecule has 0 atom stereocenters. The third-order valence-corrected chi connectivity index (χ3v) is 28.0. The Morgan fingerprint density at radius 2 is 0.573 bits per heavy atom. The van der Waals surface area contributed by atoms with Crippen LogP contribution in [0.15, 0.2) is 334 Å². The molecule has 0 unspecified atom stereocenters. The maximum atomic E-state index is 2.54. The predicted molar refractivity (Wildman–Crippen MR) is 349 cm³/mol. The largest absolute Gasteiger partial charge is 0.311 e. The van der Waals surface area contributed by atoms with Crippen molar-refractivity contribution < 1.29 is 0 Å². The van der Waals surface area contributed by atoms with E-state index in [-0.39, 0.29) is 0 Å². The topological polar surface area (TPSA) is 3.24 Å². The summed E-state index contributed by atoms with van der Waals surface area (Å²) in [6.45, 7) is 0. The highest BCUT2D eigenvalue weighted by atomic mass is 28.3. The molecule has 3 aliphatic rings. The average molecular weight is 1070 g/mol. The van der Waals surface area contributed by atoms with E-state index >= 15 is 0 Å². The second-order valence-electron chi connectivity index (χ2n) is 22.2. The van der Waals surface area contributed by atoms with E-state index in [1.807, 2.05) is 0 Å². The Hall–Kier alpha value is -9.91. The molecule has 0 saturated carbocycles. The van der Waals surface area contributed by atoms with E-state index in [0.29, 0.717) is 0 Å². The first kappa shape index (κ1) is 48.0. The molecule has 16 rings (SSSR count). The van der Waals surface area contributed by atoms with Crippen molar-refractivity contribution >= 4 is 74.7 Å². The van der Waals surface area contributed by atoms with Gasteiger partial charge in [-0.2, -0.15) is 0 Å². The minimum absolute atomic E-state index is 0.487. The predicted octanol–water partition coefficient (Wildman–Crippen LogP) is 13.9. The molecule has 0 saturated heterocycles. The summed E-state index contributed by atoms with van der Waals surface area (Å²) in [7, 11) is -5.68. The van der Waals surface area contributed by atoms with Crippen LogP contribution in [0.5, 0.6) is 0 Å². The maximum absolute atomic E-state index is 2.84. The van der Waals surface area contributed by atoms with Gasteiger partial charge in [-0.15, -0.1) is 0 Å². The van der Waals surface area contributed by atoms with Crippen LogP contribution in [0.2, 0.25) is 0 Å². The molecule has 1 nitrogen and oxygen atoms in total. The monoisotopic (exact) mass is 1070 g/mol. The molecule has 2 heterocycles. The zero-order valence-corrected chi connectivity index (χ0v) is 47.2. The normalized spacial score (nSPS) is 14.1. The van der Waals surface area contributed by atoms with Gasteiger partial charge in [-0.3, -0.25) is 0 Å². The van der Waals surface area contributed by atoms with Crippen LogP contribution in [0.1, 0.15) is 22.3 Å². The summed E-state index contributed by atoms with van der Waals surface area (Å²) in [5.41, 5.74) is 18.3. The first-order chi connectivity index (χ1) is 40.7. The van der Waals surface area contributed by atoms with E-state index in [1.54, 1.807) is 0 Å². The number of nitrogens with zero attached hydrogens (tertiary/aromatic N) is 1. The van der Waals surface area contributed by atoms with Gasteiger partial charge in [0.15, 0.2) is 16.1 Å². The lowest BCUT2D eigenvalue weighted by Gasteiger charge is -2.34. The van der Waals surface area contributed by atoms with Crippen LogP contribution in [-0.2, 0) is 5.41 Å². The Morgan fingerprint density at radius 3 is 1.02 bits per heavy atom. The van der Waals surface area contributed by atoms with E-state index in [1.165, 1.54) is 108 Å². The summed E-state index contributed by atoms with van der Waals surface area (Å²) < 4.78 is 0. The molecule has 0 N–H and O–H groups in total. The Morgan fingerprint density at radius 1 is 0.220 bits per heavy atom. The van der Waals surface area contributed by atoms with Gasteiger partial charge in [-0.25, -0.2) is 0 Å². The smallest absolute Gasteiger partial charge is 0.180 e. The fraction of sp³-hybridized carbons (Fsp3) is 0.0127. The number of hydrogen-bond acceptors (Lipinski definition) is 1. The molecule has 0 bridgehead atoms. The zero-order chi connectivity index (χ0) is 54.2. The summed E-state index contributed by atoms with van der Waals surface area (Å²) in [6.07, 6.45) is 0. The van der Waals surface area contributed by atoms with Crippen LogP contribution in [0.3, 0.4) is 0 Å². The van der Waals surface area contributed by atoms with Crippen molar-refractivity contribution in [3.05, 3.63) is 356 Å². The van der Waals surface area contributed by atoms with Gasteiger partial charge in [0, 0.05) is 17.1 Å². The standard InChI is InChI=1S/C79H55NSi2/c1-5-25-58(26-6-1)79(59-27-7-2-8-28-59)73-42-18-13-37-67(73)68-52-49-57(53-74(68)79)56-47-50-60(51-48-56)80(61-29-23-35-65(54-61)81(63-31-9-3-10-32-63)75-43-19-14-38-69(75)70-39-15-20-44-76(70)81)62-30-24-36-66(55-62)82(64-33-11-4-12-34-64)77-45-21-16-40-71(77)72-41-17-22-46-78(72)82/h1-55H. The number of hydrogen-bond donors (Lipinski definition) is 0. The SMILES string of the molecule is c1ccc(C2(c3ccccc3)c3ccccc3-c3ccc(-c4ccc(N(c5cccc([Si]6(c7ccccc7)c7ccccc7-c7ccccc76)c5)c5cccc([Si]6(c7ccccc7)c7ccccc7-c7ccccc76)c5)cc4)cc32)cc1. The summed E-state index contributed by atoms with van der Waals surface area (Å²) in [5.74, 6) is 0. The Bertz CT molecular complexity index is 4260. The minimum atomic E-state index is -2.84. The second-order valence-corrected chi connectivity index (χ2v) is 29.6. The number of anilines is 3. The molecule has 1 aliphatic carbocycles. The van der Waals surface area contributed by atoms with Gasteiger partial charge in [0.25, 0.3) is 0 Å². The van der Waals surface area contributed by atoms with Crippen molar-refractivity contribution in [3.63, 3.8) is 0 Å². The Kier molecular flexibility index (Phi) is 11.2. The Balaban J connectivity index is 0.903. The van der Waals surface area contributed by atoms with Gasteiger partial charge < -0.3 is 4.90 Å². The van der Waals surface area contributed by atoms with Gasteiger partial charge in [0.1, 0.15) is 0 Å². The third-order valence-electron chi connectivity index (χ3n) is 18.3. The van der Waals surface area contributed by atoms with Gasteiger partial charge in [0.2, 0.25) is 0 Å². The average Bonchev–Trinajstić information content (AvgIpc) is 2.70. The molecule has 0 radical (unpaired) electrons. The van der Waals surface area contributed by atoms with Crippen molar-refractivity contribution in [2.24, 2.45) is 0 Å². The Labute approximate surface area is 482 Å². The van der Waals surface area contributed by atoms with E-state index < -0.39 is 21.6 Å². The minimum Gasteiger partial charge on any atom is -0.311 e. The number of fused-ring (bicyclic) bond motifs is 9. The van der Waals surface area contributed by atoms with Crippen LogP contribution in [-0.4, -0.2) is 16.1 Å². The highest BCUT2D eigenvalue weighted by Crippen LogP contribution is 2.57. The van der Waals surface area contributed by atoms with Crippen LogP contribution in [0.4, 0.5) is 17.1 Å². The highest BCUT2D eigenvalue weighted by Gasteiger charge is 2.51. The van der Waals surface area contributed by atoms with Gasteiger partial charge in [-0.05, 0) is 151 Å². The van der Waals surface area contributed by atoms with Crippen molar-refractivity contribution in [1.29, 1.82) is 0 Å². The third kappa shape index (κ3) is 6.91. The fourth-order valence-corrected chi connectivity index (χ4v) is 25.5. The first-order valence-electron chi connectivity index (χ1n) is 28.7. The van der Waals surface area contributed by atoms with Crippen LogP contribution in [0.25, 0.3) is 44.5 Å². The molecular weight excluding hydrogens is 1020 g/mol. The van der Waals surface area contributed by atoms with Crippen LogP contribution < -0.4 is 46.4 Å². The molecule has 0 amide bonds. The van der Waals surface area contributed by atoms with Crippen molar-refractivity contribution in [2.75, 3.05) is 4.90 Å². The van der Waals surface area contributed by atoms with Gasteiger partial charge in [0.05, 0.1) is 5.41 Å². The van der Waals surface area contributed by atoms with E-state index in [4.69, 9.17) is 0 Å². The maximum Gasteiger partial charge on any atom is 0.180 e. The molecule has 384 valence electrons. The van der Waals surface area contributed by atoms with Crippen molar-refractivity contribution in [2.45, 2.75) is 5.41 Å². The summed E-state index contributed by atoms with van der Waals surface area (Å²) in [5, 5.41) is 11.2. The molecule has 0 aromatic heterocycles. The van der Waals surface area contributed by atoms with E-state index in [0.717, 1.165) is 17.1 Å². The summed E-state index contributed by atoms with van der Waals surface area (Å²) in [4.78, 5) is 2.53. The molecule has 13 aromatic carbocycles. The number of benzene rings is 13. The second kappa shape index (κ2) is 19.1. The van der Waals surface area contributed by atoms with E-state index in [2.05, 4.69) is 339 Å². The highest BCUT2D eigenvalue weighted by molar-refractivity contribution is 7.23. The quantitative estimate of drug-likeness (QED) is 0.123. The van der Waals surface area contributed by atoms with E-state index in [9.17, 15) is 0 Å². The van der Waals surface area contributed by atoms with Crippen molar-refractivity contribution in [3.8, 4) is 44.5 Å².